The van der Waals surface area contributed by atoms with Crippen molar-refractivity contribution >= 4 is 5.91 Å². The number of nitrogens with one attached hydrogen (secondary N) is 1. The molecular weight excluding hydrogens is 230 g/mol. The van der Waals surface area contributed by atoms with Gasteiger partial charge >= 0.3 is 0 Å². The zero-order valence-corrected chi connectivity index (χ0v) is 10.5. The van der Waals surface area contributed by atoms with Gasteiger partial charge in [0, 0.05) is 12.7 Å². The Labute approximate surface area is 107 Å². The summed E-state index contributed by atoms with van der Waals surface area (Å²) in [4.78, 5) is 16.2. The third-order valence-electron chi connectivity index (χ3n) is 3.15. The number of hydrogen-bond donors (Lipinski definition) is 2. The standard InChI is InChI=1S/C13H19N3O2/c1-9(11-4-2-3-7-15-11)16-13(17)12-6-5-10(8-14)18-12/h2-4,7,9-10,12H,5-6,8,14H2,1H3,(H,16,17)/t9-,10?,12?/m0/s1. The number of pyridine rings is 1. The van der Waals surface area contributed by atoms with E-state index in [2.05, 4.69) is 10.3 Å². The fourth-order valence-electron chi connectivity index (χ4n) is 2.08. The second-order valence-corrected chi connectivity index (χ2v) is 4.54. The van der Waals surface area contributed by atoms with Crippen molar-refractivity contribution in [3.05, 3.63) is 30.1 Å². The molecule has 18 heavy (non-hydrogen) atoms. The van der Waals surface area contributed by atoms with Gasteiger partial charge in [0.1, 0.15) is 6.10 Å². The summed E-state index contributed by atoms with van der Waals surface area (Å²) in [5, 5.41) is 2.92. The Morgan fingerprint density at radius 3 is 3.06 bits per heavy atom. The molecule has 0 saturated carbocycles. The van der Waals surface area contributed by atoms with Crippen LogP contribution >= 0.6 is 0 Å². The van der Waals surface area contributed by atoms with Gasteiger partial charge in [0.25, 0.3) is 0 Å². The summed E-state index contributed by atoms with van der Waals surface area (Å²) in [6.45, 7) is 2.38. The molecule has 1 aliphatic heterocycles. The molecule has 1 aliphatic rings. The fourth-order valence-corrected chi connectivity index (χ4v) is 2.08. The predicted molar refractivity (Wildman–Crippen MR) is 67.7 cm³/mol. The number of hydrogen-bond acceptors (Lipinski definition) is 4. The van der Waals surface area contributed by atoms with Crippen LogP contribution in [0.4, 0.5) is 0 Å². The van der Waals surface area contributed by atoms with Gasteiger partial charge in [-0.3, -0.25) is 9.78 Å². The van der Waals surface area contributed by atoms with Crippen molar-refractivity contribution in [3.8, 4) is 0 Å². The zero-order chi connectivity index (χ0) is 13.0. The monoisotopic (exact) mass is 249 g/mol. The van der Waals surface area contributed by atoms with E-state index < -0.39 is 0 Å². The minimum atomic E-state index is -0.371. The van der Waals surface area contributed by atoms with Gasteiger partial charge < -0.3 is 15.8 Å². The van der Waals surface area contributed by atoms with E-state index in [0.29, 0.717) is 6.54 Å². The van der Waals surface area contributed by atoms with E-state index in [4.69, 9.17) is 10.5 Å². The second-order valence-electron chi connectivity index (χ2n) is 4.54. The Hall–Kier alpha value is -1.46. The number of carbonyl (C=O) groups excluding carboxylic acids is 1. The largest absolute Gasteiger partial charge is 0.364 e. The van der Waals surface area contributed by atoms with Crippen molar-refractivity contribution in [1.82, 2.24) is 10.3 Å². The number of rotatable bonds is 4. The molecule has 3 N–H and O–H groups in total. The van der Waals surface area contributed by atoms with Crippen LogP contribution in [0.5, 0.6) is 0 Å². The predicted octanol–water partition coefficient (Wildman–Crippen LogP) is 0.765. The molecule has 0 spiro atoms. The molecule has 98 valence electrons. The summed E-state index contributed by atoms with van der Waals surface area (Å²) < 4.78 is 5.55. The summed E-state index contributed by atoms with van der Waals surface area (Å²) in [6.07, 6.45) is 2.96. The van der Waals surface area contributed by atoms with Crippen LogP contribution in [-0.4, -0.2) is 29.6 Å². The first-order valence-corrected chi connectivity index (χ1v) is 6.27. The summed E-state index contributed by atoms with van der Waals surface area (Å²) >= 11 is 0. The Morgan fingerprint density at radius 2 is 2.44 bits per heavy atom. The molecule has 5 nitrogen and oxygen atoms in total. The van der Waals surface area contributed by atoms with Crippen molar-refractivity contribution in [2.75, 3.05) is 6.54 Å². The first kappa shape index (κ1) is 13.0. The fraction of sp³-hybridized carbons (Fsp3) is 0.538. The molecule has 1 aromatic rings. The molecule has 1 aromatic heterocycles. The highest BCUT2D eigenvalue weighted by molar-refractivity contribution is 5.81. The minimum absolute atomic E-state index is 0.0194. The molecule has 2 heterocycles. The molecule has 3 atom stereocenters. The maximum atomic E-state index is 12.0. The van der Waals surface area contributed by atoms with Gasteiger partial charge in [-0.1, -0.05) is 6.07 Å². The van der Waals surface area contributed by atoms with Gasteiger partial charge in [-0.2, -0.15) is 0 Å². The Balaban J connectivity index is 1.88. The molecule has 0 bridgehead atoms. The summed E-state index contributed by atoms with van der Waals surface area (Å²) in [5.74, 6) is -0.0795. The third-order valence-corrected chi connectivity index (χ3v) is 3.15. The van der Waals surface area contributed by atoms with E-state index in [9.17, 15) is 4.79 Å². The maximum absolute atomic E-state index is 12.0. The lowest BCUT2D eigenvalue weighted by molar-refractivity contribution is -0.132. The van der Waals surface area contributed by atoms with Crippen molar-refractivity contribution in [2.24, 2.45) is 5.73 Å². The Bertz CT molecular complexity index is 396. The van der Waals surface area contributed by atoms with E-state index in [0.717, 1.165) is 18.5 Å². The van der Waals surface area contributed by atoms with E-state index in [1.807, 2.05) is 25.1 Å². The topological polar surface area (TPSA) is 77.2 Å². The molecule has 0 aromatic carbocycles. The van der Waals surface area contributed by atoms with E-state index >= 15 is 0 Å². The van der Waals surface area contributed by atoms with Crippen LogP contribution in [0, 0.1) is 0 Å². The molecular formula is C13H19N3O2. The minimum Gasteiger partial charge on any atom is -0.364 e. The van der Waals surface area contributed by atoms with E-state index in [1.54, 1.807) is 6.20 Å². The molecule has 1 amide bonds. The lowest BCUT2D eigenvalue weighted by Crippen LogP contribution is -2.37. The van der Waals surface area contributed by atoms with Gasteiger partial charge in [0.05, 0.1) is 17.8 Å². The molecule has 2 unspecified atom stereocenters. The van der Waals surface area contributed by atoms with Gasteiger partial charge in [-0.05, 0) is 31.9 Å². The molecule has 2 rings (SSSR count). The number of nitrogens with zero attached hydrogens (tertiary/aromatic N) is 1. The van der Waals surface area contributed by atoms with Crippen molar-refractivity contribution in [2.45, 2.75) is 38.0 Å². The van der Waals surface area contributed by atoms with Gasteiger partial charge in [-0.25, -0.2) is 0 Å². The molecule has 1 fully saturated rings. The first-order valence-electron chi connectivity index (χ1n) is 6.27. The molecule has 0 aliphatic carbocycles. The average molecular weight is 249 g/mol. The zero-order valence-electron chi connectivity index (χ0n) is 10.5. The summed E-state index contributed by atoms with van der Waals surface area (Å²) in [5.41, 5.74) is 6.37. The van der Waals surface area contributed by atoms with Crippen LogP contribution in [0.1, 0.15) is 31.5 Å². The van der Waals surface area contributed by atoms with E-state index in [-0.39, 0.29) is 24.2 Å². The number of ether oxygens (including phenoxy) is 1. The van der Waals surface area contributed by atoms with Crippen LogP contribution in [0.3, 0.4) is 0 Å². The molecule has 1 saturated heterocycles. The highest BCUT2D eigenvalue weighted by atomic mass is 16.5. The van der Waals surface area contributed by atoms with Crippen molar-refractivity contribution in [1.29, 1.82) is 0 Å². The number of amides is 1. The number of carbonyl (C=O) groups is 1. The number of aromatic nitrogens is 1. The Kier molecular flexibility index (Phi) is 4.28. The smallest absolute Gasteiger partial charge is 0.249 e. The quantitative estimate of drug-likeness (QED) is 0.826. The average Bonchev–Trinajstić information content (AvgIpc) is 2.88. The van der Waals surface area contributed by atoms with Gasteiger partial charge in [0.15, 0.2) is 0 Å². The second kappa shape index (κ2) is 5.93. The SMILES string of the molecule is C[C@H](NC(=O)C1CCC(CN)O1)c1ccccn1. The van der Waals surface area contributed by atoms with Gasteiger partial charge in [0.2, 0.25) is 5.91 Å². The lowest BCUT2D eigenvalue weighted by atomic mass is 10.1. The number of nitrogens with two attached hydrogens (primary N) is 1. The normalized spacial score (nSPS) is 24.8. The maximum Gasteiger partial charge on any atom is 0.249 e. The van der Waals surface area contributed by atoms with Crippen molar-refractivity contribution < 1.29 is 9.53 Å². The summed E-state index contributed by atoms with van der Waals surface area (Å²) in [6, 6.07) is 5.54. The lowest BCUT2D eigenvalue weighted by Gasteiger charge is -2.17. The highest BCUT2D eigenvalue weighted by Gasteiger charge is 2.30. The Morgan fingerprint density at radius 1 is 1.61 bits per heavy atom. The third kappa shape index (κ3) is 3.05. The first-order chi connectivity index (χ1) is 8.70. The van der Waals surface area contributed by atoms with Crippen LogP contribution in [-0.2, 0) is 9.53 Å². The van der Waals surface area contributed by atoms with Crippen molar-refractivity contribution in [3.63, 3.8) is 0 Å². The summed E-state index contributed by atoms with van der Waals surface area (Å²) in [7, 11) is 0. The van der Waals surface area contributed by atoms with Crippen LogP contribution in [0.25, 0.3) is 0 Å². The van der Waals surface area contributed by atoms with Crippen LogP contribution in [0.15, 0.2) is 24.4 Å². The highest BCUT2D eigenvalue weighted by Crippen LogP contribution is 2.20. The molecule has 0 radical (unpaired) electrons. The molecule has 5 heteroatoms. The van der Waals surface area contributed by atoms with Crippen LogP contribution in [0.2, 0.25) is 0 Å². The van der Waals surface area contributed by atoms with Gasteiger partial charge in [-0.15, -0.1) is 0 Å². The van der Waals surface area contributed by atoms with Crippen LogP contribution < -0.4 is 11.1 Å². The van der Waals surface area contributed by atoms with E-state index in [1.165, 1.54) is 0 Å².